The second-order valence-corrected chi connectivity index (χ2v) is 7.50. The van der Waals surface area contributed by atoms with Gasteiger partial charge in [0.05, 0.1) is 0 Å². The minimum atomic E-state index is 0.0390. The standard InChI is InChI=1S/C20H21N5O2/c26-20(18-5-1-2-9-21-18)25-11-14-7-8-16(13-25)24(10-14)12-15-4-3-6-17-19(15)23-27-22-17/h1-6,9,14,16H,7-8,10-13H2/t14-,16-/m0/s1. The van der Waals surface area contributed by atoms with E-state index < -0.39 is 0 Å². The number of amides is 1. The Morgan fingerprint density at radius 3 is 2.93 bits per heavy atom. The number of rotatable bonds is 3. The molecule has 0 radical (unpaired) electrons. The first-order valence-corrected chi connectivity index (χ1v) is 9.42. The highest BCUT2D eigenvalue weighted by Gasteiger charge is 2.37. The van der Waals surface area contributed by atoms with E-state index in [1.807, 2.05) is 29.2 Å². The Hall–Kier alpha value is -2.80. The average Bonchev–Trinajstić information content (AvgIpc) is 3.02. The Kier molecular flexibility index (Phi) is 4.09. The second-order valence-electron chi connectivity index (χ2n) is 7.50. The van der Waals surface area contributed by atoms with Crippen LogP contribution in [-0.4, -0.2) is 56.7 Å². The summed E-state index contributed by atoms with van der Waals surface area (Å²) in [5, 5.41) is 8.01. The summed E-state index contributed by atoms with van der Waals surface area (Å²) in [4.78, 5) is 21.6. The molecule has 7 heteroatoms. The van der Waals surface area contributed by atoms with Crippen LogP contribution in [0.5, 0.6) is 0 Å². The van der Waals surface area contributed by atoms with Gasteiger partial charge >= 0.3 is 0 Å². The molecule has 3 fully saturated rings. The topological polar surface area (TPSA) is 75.4 Å². The Bertz CT molecular complexity index is 957. The third-order valence-electron chi connectivity index (χ3n) is 5.74. The Balaban J connectivity index is 1.37. The molecule has 0 saturated carbocycles. The number of aromatic nitrogens is 3. The van der Waals surface area contributed by atoms with Crippen molar-refractivity contribution in [3.8, 4) is 0 Å². The van der Waals surface area contributed by atoms with Crippen molar-refractivity contribution in [3.05, 3.63) is 53.9 Å². The molecule has 1 amide bonds. The van der Waals surface area contributed by atoms with Gasteiger partial charge in [-0.1, -0.05) is 18.2 Å². The normalized spacial score (nSPS) is 22.9. The maximum Gasteiger partial charge on any atom is 0.272 e. The Labute approximate surface area is 156 Å². The highest BCUT2D eigenvalue weighted by Crippen LogP contribution is 2.30. The van der Waals surface area contributed by atoms with Gasteiger partial charge in [-0.05, 0) is 52.8 Å². The van der Waals surface area contributed by atoms with Gasteiger partial charge < -0.3 is 4.90 Å². The molecule has 3 aliphatic rings. The molecule has 3 aliphatic heterocycles. The molecule has 7 nitrogen and oxygen atoms in total. The van der Waals surface area contributed by atoms with Crippen molar-refractivity contribution in [2.75, 3.05) is 19.6 Å². The largest absolute Gasteiger partial charge is 0.335 e. The quantitative estimate of drug-likeness (QED) is 0.711. The molecule has 0 spiro atoms. The molecule has 2 aromatic heterocycles. The van der Waals surface area contributed by atoms with Crippen molar-refractivity contribution in [2.24, 2.45) is 5.92 Å². The number of nitrogens with zero attached hydrogens (tertiary/aromatic N) is 5. The van der Waals surface area contributed by atoms with Gasteiger partial charge in [0.15, 0.2) is 0 Å². The molecule has 0 unspecified atom stereocenters. The van der Waals surface area contributed by atoms with Crippen LogP contribution in [0.3, 0.4) is 0 Å². The number of hydrogen-bond donors (Lipinski definition) is 0. The van der Waals surface area contributed by atoms with E-state index in [9.17, 15) is 4.79 Å². The fourth-order valence-electron chi connectivity index (χ4n) is 4.40. The molecule has 138 valence electrons. The fraction of sp³-hybridized carbons (Fsp3) is 0.400. The number of fused-ring (bicyclic) bond motifs is 5. The first-order valence-electron chi connectivity index (χ1n) is 9.42. The Morgan fingerprint density at radius 1 is 1.07 bits per heavy atom. The number of carbonyl (C=O) groups is 1. The molecular formula is C20H21N5O2. The molecule has 27 heavy (non-hydrogen) atoms. The van der Waals surface area contributed by atoms with Gasteiger partial charge in [-0.2, -0.15) is 0 Å². The lowest BCUT2D eigenvalue weighted by Gasteiger charge is -2.36. The molecular weight excluding hydrogens is 342 g/mol. The zero-order chi connectivity index (χ0) is 18.2. The van der Waals surface area contributed by atoms with E-state index in [2.05, 4.69) is 26.3 Å². The molecule has 2 bridgehead atoms. The zero-order valence-corrected chi connectivity index (χ0v) is 15.0. The van der Waals surface area contributed by atoms with Gasteiger partial charge in [0, 0.05) is 38.4 Å². The van der Waals surface area contributed by atoms with Crippen molar-refractivity contribution < 1.29 is 9.42 Å². The van der Waals surface area contributed by atoms with E-state index in [4.69, 9.17) is 4.63 Å². The summed E-state index contributed by atoms with van der Waals surface area (Å²) in [5.74, 6) is 0.531. The van der Waals surface area contributed by atoms with Crippen LogP contribution < -0.4 is 0 Å². The van der Waals surface area contributed by atoms with Gasteiger partial charge in [-0.25, -0.2) is 4.63 Å². The van der Waals surface area contributed by atoms with Crippen LogP contribution in [0.2, 0.25) is 0 Å². The van der Waals surface area contributed by atoms with Crippen molar-refractivity contribution in [3.63, 3.8) is 0 Å². The van der Waals surface area contributed by atoms with Gasteiger partial charge in [0.2, 0.25) is 0 Å². The summed E-state index contributed by atoms with van der Waals surface area (Å²) in [5.41, 5.74) is 3.28. The number of pyridine rings is 1. The number of benzene rings is 1. The van der Waals surface area contributed by atoms with Crippen molar-refractivity contribution >= 4 is 16.9 Å². The van der Waals surface area contributed by atoms with Gasteiger partial charge in [0.1, 0.15) is 16.7 Å². The van der Waals surface area contributed by atoms with E-state index in [-0.39, 0.29) is 5.91 Å². The Morgan fingerprint density at radius 2 is 2.04 bits per heavy atom. The lowest BCUT2D eigenvalue weighted by atomic mass is 9.94. The summed E-state index contributed by atoms with van der Waals surface area (Å²) in [6.45, 7) is 3.35. The summed E-state index contributed by atoms with van der Waals surface area (Å²) in [6, 6.07) is 11.8. The van der Waals surface area contributed by atoms with Crippen molar-refractivity contribution in [1.29, 1.82) is 0 Å². The van der Waals surface area contributed by atoms with Crippen molar-refractivity contribution in [1.82, 2.24) is 25.1 Å². The summed E-state index contributed by atoms with van der Waals surface area (Å²) < 4.78 is 4.90. The van der Waals surface area contributed by atoms with Crippen LogP contribution in [0.25, 0.3) is 11.0 Å². The van der Waals surface area contributed by atoms with Crippen LogP contribution >= 0.6 is 0 Å². The molecule has 0 N–H and O–H groups in total. The molecule has 2 atom stereocenters. The molecule has 3 saturated heterocycles. The number of hydrogen-bond acceptors (Lipinski definition) is 6. The second kappa shape index (κ2) is 6.74. The predicted molar refractivity (Wildman–Crippen MR) is 98.9 cm³/mol. The molecule has 3 aromatic rings. The van der Waals surface area contributed by atoms with Gasteiger partial charge in [-0.3, -0.25) is 14.7 Å². The van der Waals surface area contributed by atoms with Crippen LogP contribution in [0.1, 0.15) is 28.9 Å². The van der Waals surface area contributed by atoms with E-state index in [1.165, 1.54) is 6.42 Å². The third-order valence-corrected chi connectivity index (χ3v) is 5.74. The van der Waals surface area contributed by atoms with Crippen LogP contribution in [0.15, 0.2) is 47.2 Å². The first-order chi connectivity index (χ1) is 13.3. The maximum absolute atomic E-state index is 12.9. The molecule has 0 aliphatic carbocycles. The molecule has 5 heterocycles. The monoisotopic (exact) mass is 363 g/mol. The van der Waals surface area contributed by atoms with E-state index >= 15 is 0 Å². The highest BCUT2D eigenvalue weighted by atomic mass is 16.6. The lowest BCUT2D eigenvalue weighted by Crippen LogP contribution is -2.44. The fourth-order valence-corrected chi connectivity index (χ4v) is 4.40. The zero-order valence-electron chi connectivity index (χ0n) is 15.0. The summed E-state index contributed by atoms with van der Waals surface area (Å²) >= 11 is 0. The minimum absolute atomic E-state index is 0.0390. The SMILES string of the molecule is O=C(c1ccccn1)N1C[C@H]2CC[C@@H](C1)N(Cc1cccc3nonc13)C2. The molecule has 1 aromatic carbocycles. The summed E-state index contributed by atoms with van der Waals surface area (Å²) in [7, 11) is 0. The minimum Gasteiger partial charge on any atom is -0.335 e. The smallest absolute Gasteiger partial charge is 0.272 e. The maximum atomic E-state index is 12.9. The molecule has 6 rings (SSSR count). The third kappa shape index (κ3) is 3.08. The number of piperidine rings is 1. The van der Waals surface area contributed by atoms with Crippen molar-refractivity contribution in [2.45, 2.75) is 25.4 Å². The van der Waals surface area contributed by atoms with E-state index in [1.54, 1.807) is 12.3 Å². The van der Waals surface area contributed by atoms with Crippen LogP contribution in [0.4, 0.5) is 0 Å². The van der Waals surface area contributed by atoms with E-state index in [0.29, 0.717) is 17.7 Å². The summed E-state index contributed by atoms with van der Waals surface area (Å²) in [6.07, 6.45) is 3.96. The van der Waals surface area contributed by atoms with Gasteiger partial charge in [-0.15, -0.1) is 0 Å². The predicted octanol–water partition coefficient (Wildman–Crippen LogP) is 2.35. The number of carbonyl (C=O) groups excluding carboxylic acids is 1. The highest BCUT2D eigenvalue weighted by molar-refractivity contribution is 5.92. The average molecular weight is 363 g/mol. The van der Waals surface area contributed by atoms with E-state index in [0.717, 1.165) is 49.2 Å². The van der Waals surface area contributed by atoms with Crippen LogP contribution in [-0.2, 0) is 6.54 Å². The first kappa shape index (κ1) is 16.4. The van der Waals surface area contributed by atoms with Gasteiger partial charge in [0.25, 0.3) is 5.91 Å². The lowest BCUT2D eigenvalue weighted by molar-refractivity contribution is 0.0730. The van der Waals surface area contributed by atoms with Crippen LogP contribution in [0, 0.1) is 5.92 Å².